The molecule has 132 valence electrons. The number of aromatic nitrogens is 1. The van der Waals surface area contributed by atoms with Crippen LogP contribution in [0.3, 0.4) is 0 Å². The summed E-state index contributed by atoms with van der Waals surface area (Å²) in [5.74, 6) is 0.450. The van der Waals surface area contributed by atoms with Gasteiger partial charge < -0.3 is 15.5 Å². The Morgan fingerprint density at radius 2 is 2.12 bits per heavy atom. The van der Waals surface area contributed by atoms with Gasteiger partial charge in [0.05, 0.1) is 18.8 Å². The number of rotatable bonds is 6. The molecule has 0 bridgehead atoms. The molecule has 0 saturated heterocycles. The zero-order valence-corrected chi connectivity index (χ0v) is 17.2. The first-order chi connectivity index (χ1) is 11.1. The molecule has 0 radical (unpaired) electrons. The van der Waals surface area contributed by atoms with Crippen LogP contribution in [0.4, 0.5) is 9.52 Å². The molecule has 0 aliphatic carbocycles. The van der Waals surface area contributed by atoms with E-state index < -0.39 is 0 Å². The summed E-state index contributed by atoms with van der Waals surface area (Å²) in [6, 6.07) is 6.48. The Kier molecular flexibility index (Phi) is 8.98. The SMILES string of the molecule is CCNC(=NCc1cccc(F)c1)NCc1csc(N(C)C)n1.I. The predicted octanol–water partition coefficient (Wildman–Crippen LogP) is 3.22. The Balaban J connectivity index is 0.00000288. The summed E-state index contributed by atoms with van der Waals surface area (Å²) >= 11 is 1.61. The van der Waals surface area contributed by atoms with E-state index in [0.29, 0.717) is 19.0 Å². The van der Waals surface area contributed by atoms with Crippen molar-refractivity contribution in [1.29, 1.82) is 0 Å². The van der Waals surface area contributed by atoms with Crippen LogP contribution in [0.1, 0.15) is 18.2 Å². The van der Waals surface area contributed by atoms with Gasteiger partial charge in [-0.3, -0.25) is 0 Å². The number of thiazole rings is 1. The first-order valence-electron chi connectivity index (χ1n) is 7.47. The normalized spacial score (nSPS) is 10.9. The van der Waals surface area contributed by atoms with E-state index in [4.69, 9.17) is 0 Å². The van der Waals surface area contributed by atoms with Crippen molar-refractivity contribution in [3.63, 3.8) is 0 Å². The minimum Gasteiger partial charge on any atom is -0.357 e. The van der Waals surface area contributed by atoms with Crippen molar-refractivity contribution in [2.45, 2.75) is 20.0 Å². The number of nitrogens with one attached hydrogen (secondary N) is 2. The molecule has 2 N–H and O–H groups in total. The van der Waals surface area contributed by atoms with Crippen LogP contribution in [0.15, 0.2) is 34.6 Å². The summed E-state index contributed by atoms with van der Waals surface area (Å²) in [6.45, 7) is 3.79. The third-order valence-corrected chi connectivity index (χ3v) is 4.07. The Labute approximate surface area is 163 Å². The topological polar surface area (TPSA) is 52.6 Å². The third-order valence-electron chi connectivity index (χ3n) is 3.01. The second-order valence-electron chi connectivity index (χ2n) is 5.19. The molecule has 0 saturated carbocycles. The van der Waals surface area contributed by atoms with E-state index >= 15 is 0 Å². The number of benzene rings is 1. The third kappa shape index (κ3) is 6.60. The maximum absolute atomic E-state index is 13.2. The highest BCUT2D eigenvalue weighted by Gasteiger charge is 2.05. The highest BCUT2D eigenvalue weighted by Crippen LogP contribution is 2.17. The maximum atomic E-state index is 13.2. The Morgan fingerprint density at radius 1 is 1.33 bits per heavy atom. The standard InChI is InChI=1S/C16H22FN5S.HI/c1-4-18-15(19-9-12-6-5-7-13(17)8-12)20-10-14-11-23-16(21-14)22(2)3;/h5-8,11H,4,9-10H2,1-3H3,(H2,18,19,20);1H. The van der Waals surface area contributed by atoms with Gasteiger partial charge in [0, 0.05) is 26.0 Å². The van der Waals surface area contributed by atoms with Gasteiger partial charge in [0.1, 0.15) is 5.82 Å². The Bertz CT molecular complexity index is 659. The number of hydrogen-bond acceptors (Lipinski definition) is 4. The minimum absolute atomic E-state index is 0. The van der Waals surface area contributed by atoms with Gasteiger partial charge >= 0.3 is 0 Å². The summed E-state index contributed by atoms with van der Waals surface area (Å²) in [4.78, 5) is 11.0. The van der Waals surface area contributed by atoms with Crippen molar-refractivity contribution in [1.82, 2.24) is 15.6 Å². The monoisotopic (exact) mass is 463 g/mol. The molecular formula is C16H23FIN5S. The summed E-state index contributed by atoms with van der Waals surface area (Å²) < 4.78 is 13.2. The summed E-state index contributed by atoms with van der Waals surface area (Å²) in [5, 5.41) is 9.42. The van der Waals surface area contributed by atoms with Crippen molar-refractivity contribution in [3.05, 3.63) is 46.7 Å². The molecule has 0 unspecified atom stereocenters. The molecule has 0 spiro atoms. The van der Waals surface area contributed by atoms with Gasteiger partial charge in [-0.1, -0.05) is 12.1 Å². The van der Waals surface area contributed by atoms with Crippen LogP contribution in [0.25, 0.3) is 0 Å². The van der Waals surface area contributed by atoms with Gasteiger partial charge in [0.25, 0.3) is 0 Å². The van der Waals surface area contributed by atoms with Crippen molar-refractivity contribution < 1.29 is 4.39 Å². The van der Waals surface area contributed by atoms with Crippen molar-refractivity contribution in [2.75, 3.05) is 25.5 Å². The summed E-state index contributed by atoms with van der Waals surface area (Å²) in [5.41, 5.74) is 1.81. The van der Waals surface area contributed by atoms with Crippen molar-refractivity contribution in [2.24, 2.45) is 4.99 Å². The summed E-state index contributed by atoms with van der Waals surface area (Å²) in [6.07, 6.45) is 0. The highest BCUT2D eigenvalue weighted by atomic mass is 127. The molecule has 0 fully saturated rings. The van der Waals surface area contributed by atoms with Gasteiger partial charge in [0.2, 0.25) is 0 Å². The smallest absolute Gasteiger partial charge is 0.191 e. The largest absolute Gasteiger partial charge is 0.357 e. The van der Waals surface area contributed by atoms with Crippen LogP contribution in [0.5, 0.6) is 0 Å². The maximum Gasteiger partial charge on any atom is 0.191 e. The molecule has 24 heavy (non-hydrogen) atoms. The predicted molar refractivity (Wildman–Crippen MR) is 110 cm³/mol. The van der Waals surface area contributed by atoms with Crippen molar-refractivity contribution >= 4 is 46.4 Å². The number of hydrogen-bond donors (Lipinski definition) is 2. The fourth-order valence-electron chi connectivity index (χ4n) is 1.90. The zero-order chi connectivity index (χ0) is 16.7. The Morgan fingerprint density at radius 3 is 2.75 bits per heavy atom. The number of nitrogens with zero attached hydrogens (tertiary/aromatic N) is 3. The van der Waals surface area contributed by atoms with Crippen LogP contribution in [0, 0.1) is 5.82 Å². The minimum atomic E-state index is -0.241. The molecule has 5 nitrogen and oxygen atoms in total. The first-order valence-corrected chi connectivity index (χ1v) is 8.34. The van der Waals surface area contributed by atoms with E-state index in [1.165, 1.54) is 12.1 Å². The van der Waals surface area contributed by atoms with Crippen molar-refractivity contribution in [3.8, 4) is 0 Å². The van der Waals surface area contributed by atoms with Gasteiger partial charge in [-0.25, -0.2) is 14.4 Å². The second kappa shape index (κ2) is 10.4. The van der Waals surface area contributed by atoms with Crippen LogP contribution in [0.2, 0.25) is 0 Å². The fraction of sp³-hybridized carbons (Fsp3) is 0.375. The molecule has 2 aromatic rings. The lowest BCUT2D eigenvalue weighted by Gasteiger charge is -2.10. The number of halogens is 2. The van der Waals surface area contributed by atoms with E-state index in [1.54, 1.807) is 17.4 Å². The van der Waals surface area contributed by atoms with Crippen LogP contribution >= 0.6 is 35.3 Å². The molecule has 0 atom stereocenters. The zero-order valence-electron chi connectivity index (χ0n) is 14.0. The van der Waals surface area contributed by atoms with E-state index in [1.807, 2.05) is 37.4 Å². The van der Waals surface area contributed by atoms with E-state index in [2.05, 4.69) is 20.6 Å². The lowest BCUT2D eigenvalue weighted by Crippen LogP contribution is -2.36. The van der Waals surface area contributed by atoms with Crippen LogP contribution < -0.4 is 15.5 Å². The quantitative estimate of drug-likeness (QED) is 0.393. The number of anilines is 1. The molecular weight excluding hydrogens is 440 g/mol. The highest BCUT2D eigenvalue weighted by molar-refractivity contribution is 14.0. The lowest BCUT2D eigenvalue weighted by molar-refractivity contribution is 0.625. The molecule has 1 aromatic carbocycles. The van der Waals surface area contributed by atoms with Gasteiger partial charge in [-0.05, 0) is 24.6 Å². The lowest BCUT2D eigenvalue weighted by atomic mass is 10.2. The number of aliphatic imine (C=N–C) groups is 1. The van der Waals surface area contributed by atoms with Crippen LogP contribution in [-0.4, -0.2) is 31.6 Å². The van der Waals surface area contributed by atoms with Gasteiger partial charge in [-0.2, -0.15) is 0 Å². The van der Waals surface area contributed by atoms with E-state index in [0.717, 1.165) is 22.9 Å². The fourth-order valence-corrected chi connectivity index (χ4v) is 2.66. The van der Waals surface area contributed by atoms with Gasteiger partial charge in [-0.15, -0.1) is 35.3 Å². The molecule has 0 aliphatic heterocycles. The van der Waals surface area contributed by atoms with E-state index in [-0.39, 0.29) is 29.8 Å². The molecule has 8 heteroatoms. The second-order valence-corrected chi connectivity index (χ2v) is 6.03. The number of guanidine groups is 1. The molecule has 1 aromatic heterocycles. The molecule has 0 aliphatic rings. The first kappa shape index (κ1) is 20.6. The molecule has 2 rings (SSSR count). The van der Waals surface area contributed by atoms with Gasteiger partial charge in [0.15, 0.2) is 11.1 Å². The van der Waals surface area contributed by atoms with E-state index in [9.17, 15) is 4.39 Å². The molecule has 0 amide bonds. The summed E-state index contributed by atoms with van der Waals surface area (Å²) in [7, 11) is 3.95. The Hall–Kier alpha value is -1.42. The average Bonchev–Trinajstić information content (AvgIpc) is 2.99. The van der Waals surface area contributed by atoms with Crippen LogP contribution in [-0.2, 0) is 13.1 Å². The molecule has 1 heterocycles. The average molecular weight is 463 g/mol.